The second-order valence-electron chi connectivity index (χ2n) is 21.9. The summed E-state index contributed by atoms with van der Waals surface area (Å²) < 4.78 is 0. The van der Waals surface area contributed by atoms with Crippen LogP contribution in [0.1, 0.15) is 304 Å². The maximum absolute atomic E-state index is 12.8. The average Bonchev–Trinajstić information content (AvgIpc) is 3.34. The largest absolute Gasteiger partial charge is 0.392 e. The number of hydrogen-bond donors (Lipinski definition) is 4. The number of hydrogen-bond acceptors (Lipinski definition) is 10. The van der Waals surface area contributed by atoms with E-state index in [1.165, 1.54) is 203 Å². The molecule has 0 aromatic rings. The van der Waals surface area contributed by atoms with Crippen molar-refractivity contribution >= 4 is 33.8 Å². The van der Waals surface area contributed by atoms with Gasteiger partial charge in [0.25, 0.3) is 0 Å². The van der Waals surface area contributed by atoms with Gasteiger partial charge >= 0.3 is 0 Å². The van der Waals surface area contributed by atoms with Gasteiger partial charge in [-0.05, 0) is 70.9 Å². The van der Waals surface area contributed by atoms with Gasteiger partial charge in [0.2, 0.25) is 0 Å². The number of carbonyl (C=O) groups is 2. The van der Waals surface area contributed by atoms with Crippen LogP contribution in [0, 0.1) is 0 Å². The number of aliphatic hydroxyl groups excluding tert-OH is 4. The van der Waals surface area contributed by atoms with E-state index in [1.54, 1.807) is 0 Å². The quantitative estimate of drug-likeness (QED) is 0.0438. The summed E-state index contributed by atoms with van der Waals surface area (Å²) >= 11 is 2.79. The normalized spacial score (nSPS) is 13.7. The summed E-state index contributed by atoms with van der Waals surface area (Å²) in [7, 11) is 0. The fourth-order valence-electron chi connectivity index (χ4n) is 9.91. The Kier molecular flexibility index (Phi) is 55.9. The van der Waals surface area contributed by atoms with Gasteiger partial charge in [0.05, 0.1) is 24.4 Å². The van der Waals surface area contributed by atoms with E-state index in [2.05, 4.69) is 37.5 Å². The predicted molar refractivity (Wildman–Crippen MR) is 313 cm³/mol. The minimum atomic E-state index is -0.379. The van der Waals surface area contributed by atoms with Crippen LogP contribution in [-0.2, 0) is 9.59 Å². The molecule has 0 bridgehead atoms. The lowest BCUT2D eigenvalue weighted by molar-refractivity contribution is -0.111. The Morgan fingerprint density at radius 2 is 0.535 bits per heavy atom. The van der Waals surface area contributed by atoms with Gasteiger partial charge in [-0.1, -0.05) is 257 Å². The lowest BCUT2D eigenvalue weighted by Gasteiger charge is -2.27. The molecule has 0 spiro atoms. The monoisotopic (exact) mass is 1040 g/mol. The molecular weight excluding hydrogens is 921 g/mol. The van der Waals surface area contributed by atoms with E-state index in [1.807, 2.05) is 0 Å². The van der Waals surface area contributed by atoms with Gasteiger partial charge < -0.3 is 20.4 Å². The van der Waals surface area contributed by atoms with E-state index in [-0.39, 0.29) is 34.6 Å². The minimum absolute atomic E-state index is 0.215. The first kappa shape index (κ1) is 70.8. The third-order valence-electron chi connectivity index (χ3n) is 14.5. The van der Waals surface area contributed by atoms with Crippen LogP contribution in [0.3, 0.4) is 0 Å². The van der Waals surface area contributed by atoms with E-state index < -0.39 is 0 Å². The fourth-order valence-corrected chi connectivity index (χ4v) is 11.7. The number of nitrogens with zero attached hydrogens (tertiary/aromatic N) is 2. The second-order valence-corrected chi connectivity index (χ2v) is 24.2. The zero-order valence-corrected chi connectivity index (χ0v) is 49.3. The first-order chi connectivity index (χ1) is 34.6. The Labute approximate surface area is 450 Å². The first-order valence-corrected chi connectivity index (χ1v) is 33.1. The molecule has 0 saturated carbocycles. The van der Waals surface area contributed by atoms with Crippen LogP contribution in [0.15, 0.2) is 0 Å². The number of thioether (sulfide) groups is 2. The maximum atomic E-state index is 12.8. The molecule has 0 amide bonds. The van der Waals surface area contributed by atoms with Crippen molar-refractivity contribution in [2.24, 2.45) is 0 Å². The Bertz CT molecular complexity index is 968. The number of carbonyl (C=O) groups excluding carboxylic acids is 2. The lowest BCUT2D eigenvalue weighted by atomic mass is 10.0. The van der Waals surface area contributed by atoms with Crippen LogP contribution in [0.4, 0.5) is 0 Å². The van der Waals surface area contributed by atoms with Crippen molar-refractivity contribution in [3.63, 3.8) is 0 Å². The molecule has 8 nitrogen and oxygen atoms in total. The molecule has 0 aromatic heterocycles. The Morgan fingerprint density at radius 1 is 0.310 bits per heavy atom. The van der Waals surface area contributed by atoms with Gasteiger partial charge in [0.1, 0.15) is 0 Å². The van der Waals surface area contributed by atoms with Gasteiger partial charge in [-0.3, -0.25) is 19.4 Å². The van der Waals surface area contributed by atoms with Gasteiger partial charge in [-0.15, -0.1) is 0 Å². The molecule has 0 aliphatic heterocycles. The Morgan fingerprint density at radius 3 is 0.775 bits per heavy atom. The molecule has 4 atom stereocenters. The average molecular weight is 1040 g/mol. The molecule has 4 N–H and O–H groups in total. The second kappa shape index (κ2) is 56.0. The summed E-state index contributed by atoms with van der Waals surface area (Å²) in [5.74, 6) is 1.47. The van der Waals surface area contributed by atoms with Crippen LogP contribution in [0.2, 0.25) is 0 Å². The Hall–Kier alpha value is -0.200. The number of unbranched alkanes of at least 4 members (excludes halogenated alkanes) is 30. The molecule has 0 radical (unpaired) electrons. The molecule has 0 aliphatic rings. The van der Waals surface area contributed by atoms with Crippen molar-refractivity contribution in [3.8, 4) is 0 Å². The minimum Gasteiger partial charge on any atom is -0.392 e. The van der Waals surface area contributed by atoms with E-state index in [0.717, 1.165) is 108 Å². The zero-order valence-electron chi connectivity index (χ0n) is 47.7. The highest BCUT2D eigenvalue weighted by molar-refractivity contribution is 8.14. The summed E-state index contributed by atoms with van der Waals surface area (Å²) in [4.78, 5) is 30.1. The van der Waals surface area contributed by atoms with Crippen molar-refractivity contribution in [2.75, 3.05) is 50.8 Å². The first-order valence-electron chi connectivity index (χ1n) is 31.1. The predicted octanol–water partition coefficient (Wildman–Crippen LogP) is 16.4. The van der Waals surface area contributed by atoms with Crippen molar-refractivity contribution in [3.05, 3.63) is 0 Å². The number of rotatable bonds is 58. The van der Waals surface area contributed by atoms with Crippen molar-refractivity contribution < 1.29 is 30.0 Å². The smallest absolute Gasteiger partial charge is 0.188 e. The maximum Gasteiger partial charge on any atom is 0.188 e. The van der Waals surface area contributed by atoms with Crippen molar-refractivity contribution in [2.45, 2.75) is 328 Å². The summed E-state index contributed by atoms with van der Waals surface area (Å²) in [5, 5.41) is 44.3. The summed E-state index contributed by atoms with van der Waals surface area (Å²) in [6, 6.07) is 0. The molecule has 0 rings (SSSR count). The van der Waals surface area contributed by atoms with Gasteiger partial charge in [-0.2, -0.15) is 0 Å². The van der Waals surface area contributed by atoms with E-state index >= 15 is 0 Å². The standard InChI is InChI=1S/C61H122N2O6S2/c1-5-9-13-17-21-25-29-33-42-56(64)52-62(53-57(65)43-34-30-26-22-18-14-10-6-2)48-39-37-46-60(68)70-50-41-51-71-61(69)47-38-40-49-63(54-58(66)44-35-31-27-23-19-15-11-7-3)55-59(67)45-36-32-28-24-20-16-12-8-4/h56-59,64-67H,5-55H2,1-4H3. The summed E-state index contributed by atoms with van der Waals surface area (Å²) in [6.45, 7) is 13.0. The molecule has 4 unspecified atom stereocenters. The van der Waals surface area contributed by atoms with Crippen molar-refractivity contribution in [1.82, 2.24) is 9.80 Å². The molecule has 0 fully saturated rings. The highest BCUT2D eigenvalue weighted by Crippen LogP contribution is 2.19. The molecule has 0 saturated heterocycles. The lowest BCUT2D eigenvalue weighted by Crippen LogP contribution is -2.38. The van der Waals surface area contributed by atoms with Crippen LogP contribution in [-0.4, -0.2) is 116 Å². The summed E-state index contributed by atoms with van der Waals surface area (Å²) in [6.07, 6.45) is 47.2. The third-order valence-corrected chi connectivity index (χ3v) is 16.5. The highest BCUT2D eigenvalue weighted by Gasteiger charge is 2.18. The van der Waals surface area contributed by atoms with Crippen LogP contribution in [0.5, 0.6) is 0 Å². The molecule has 71 heavy (non-hydrogen) atoms. The van der Waals surface area contributed by atoms with Crippen molar-refractivity contribution in [1.29, 1.82) is 0 Å². The molecular formula is C61H122N2O6S2. The third kappa shape index (κ3) is 53.0. The van der Waals surface area contributed by atoms with E-state index in [4.69, 9.17) is 0 Å². The fraction of sp³-hybridized carbons (Fsp3) is 0.967. The molecule has 0 aromatic carbocycles. The van der Waals surface area contributed by atoms with Crippen LogP contribution in [0.25, 0.3) is 0 Å². The van der Waals surface area contributed by atoms with E-state index in [9.17, 15) is 30.0 Å². The zero-order chi connectivity index (χ0) is 52.1. The number of aliphatic hydroxyl groups is 4. The van der Waals surface area contributed by atoms with Crippen LogP contribution >= 0.6 is 23.5 Å². The summed E-state index contributed by atoms with van der Waals surface area (Å²) in [5.41, 5.74) is 0. The molecule has 10 heteroatoms. The van der Waals surface area contributed by atoms with Gasteiger partial charge in [-0.25, -0.2) is 0 Å². The molecule has 0 heterocycles. The molecule has 0 aliphatic carbocycles. The molecule has 424 valence electrons. The van der Waals surface area contributed by atoms with Gasteiger partial charge in [0, 0.05) is 50.5 Å². The Balaban J connectivity index is 4.62. The SMILES string of the molecule is CCCCCCCCCCC(O)CN(CCCCC(=O)SCCCSC(=O)CCCCN(CC(O)CCCCCCCCCC)CC(O)CCCCCCCCCC)CC(O)CCCCCCCCCC. The van der Waals surface area contributed by atoms with Gasteiger partial charge in [0.15, 0.2) is 10.2 Å². The topological polar surface area (TPSA) is 122 Å². The van der Waals surface area contributed by atoms with Crippen LogP contribution < -0.4 is 0 Å². The van der Waals surface area contributed by atoms with E-state index in [0.29, 0.717) is 39.0 Å². The highest BCUT2D eigenvalue weighted by atomic mass is 32.2.